The van der Waals surface area contributed by atoms with Crippen molar-refractivity contribution >= 4 is 24.2 Å². The molecule has 3 rings (SSSR count). The molecule has 6 nitrogen and oxygen atoms in total. The Morgan fingerprint density at radius 2 is 1.56 bits per heavy atom. The van der Waals surface area contributed by atoms with Gasteiger partial charge in [-0.3, -0.25) is 9.59 Å². The fourth-order valence-electron chi connectivity index (χ4n) is 4.21. The van der Waals surface area contributed by atoms with Gasteiger partial charge in [-0.05, 0) is 25.2 Å². The van der Waals surface area contributed by atoms with Crippen LogP contribution in [0.4, 0.5) is 0 Å². The smallest absolute Gasteiger partial charge is 0.242 e. The molecule has 3 aliphatic rings. The Bertz CT molecular complexity index is 454. The van der Waals surface area contributed by atoms with E-state index in [4.69, 9.17) is 10.5 Å². The first-order valence-electron chi connectivity index (χ1n) is 9.52. The van der Waals surface area contributed by atoms with Crippen LogP contribution >= 0.6 is 12.4 Å². The standard InChI is InChI=1S/C18H31N3O3.ClH/c19-18(7-13-24-14-8-18)17(23)21-11-9-20(10-12-21)16(22)6-5-15-3-1-2-4-15;/h15H,1-14,19H2;1H. The van der Waals surface area contributed by atoms with Crippen molar-refractivity contribution in [3.8, 4) is 0 Å². The summed E-state index contributed by atoms with van der Waals surface area (Å²) in [5.74, 6) is 1.04. The van der Waals surface area contributed by atoms with Crippen LogP contribution in [0.25, 0.3) is 0 Å². The highest BCUT2D eigenvalue weighted by atomic mass is 35.5. The van der Waals surface area contributed by atoms with E-state index in [-0.39, 0.29) is 24.2 Å². The summed E-state index contributed by atoms with van der Waals surface area (Å²) in [6.45, 7) is 3.61. The van der Waals surface area contributed by atoms with Crippen LogP contribution in [-0.2, 0) is 14.3 Å². The second-order valence-corrected chi connectivity index (χ2v) is 7.63. The first kappa shape index (κ1) is 20.5. The Morgan fingerprint density at radius 1 is 1.00 bits per heavy atom. The molecule has 0 unspecified atom stereocenters. The van der Waals surface area contributed by atoms with Crippen molar-refractivity contribution in [2.24, 2.45) is 11.7 Å². The molecule has 7 heteroatoms. The molecule has 0 bridgehead atoms. The van der Waals surface area contributed by atoms with E-state index in [1.54, 1.807) is 0 Å². The lowest BCUT2D eigenvalue weighted by atomic mass is 9.89. The van der Waals surface area contributed by atoms with Gasteiger partial charge < -0.3 is 20.3 Å². The third-order valence-electron chi connectivity index (χ3n) is 5.97. The largest absolute Gasteiger partial charge is 0.381 e. The maximum Gasteiger partial charge on any atom is 0.242 e. The monoisotopic (exact) mass is 373 g/mol. The first-order valence-corrected chi connectivity index (χ1v) is 9.52. The van der Waals surface area contributed by atoms with Crippen molar-refractivity contribution in [3.05, 3.63) is 0 Å². The second-order valence-electron chi connectivity index (χ2n) is 7.63. The molecule has 0 atom stereocenters. The van der Waals surface area contributed by atoms with E-state index in [1.165, 1.54) is 25.7 Å². The number of halogens is 1. The summed E-state index contributed by atoms with van der Waals surface area (Å²) in [5.41, 5.74) is 5.52. The van der Waals surface area contributed by atoms with Gasteiger partial charge in [-0.2, -0.15) is 0 Å². The van der Waals surface area contributed by atoms with E-state index in [1.807, 2.05) is 9.80 Å². The minimum atomic E-state index is -0.771. The lowest BCUT2D eigenvalue weighted by Crippen LogP contribution is -2.61. The average Bonchev–Trinajstić information content (AvgIpc) is 3.13. The molecule has 0 aromatic heterocycles. The second kappa shape index (κ2) is 9.19. The highest BCUT2D eigenvalue weighted by molar-refractivity contribution is 5.86. The molecule has 1 saturated carbocycles. The van der Waals surface area contributed by atoms with Gasteiger partial charge in [0.15, 0.2) is 0 Å². The van der Waals surface area contributed by atoms with Gasteiger partial charge in [-0.25, -0.2) is 0 Å². The number of hydrogen-bond donors (Lipinski definition) is 1. The molecule has 3 fully saturated rings. The number of hydrogen-bond acceptors (Lipinski definition) is 4. The zero-order chi connectivity index (χ0) is 17.0. The molecule has 0 aromatic carbocycles. The quantitative estimate of drug-likeness (QED) is 0.811. The molecular weight excluding hydrogens is 342 g/mol. The van der Waals surface area contributed by atoms with Crippen LogP contribution in [0.15, 0.2) is 0 Å². The minimum absolute atomic E-state index is 0. The van der Waals surface area contributed by atoms with Gasteiger partial charge in [0.2, 0.25) is 11.8 Å². The van der Waals surface area contributed by atoms with Crippen LogP contribution in [0.3, 0.4) is 0 Å². The predicted octanol–water partition coefficient (Wildman–Crippen LogP) is 1.56. The zero-order valence-corrected chi connectivity index (χ0v) is 15.9. The van der Waals surface area contributed by atoms with Crippen molar-refractivity contribution in [1.29, 1.82) is 0 Å². The minimum Gasteiger partial charge on any atom is -0.381 e. The molecule has 0 spiro atoms. The normalized spacial score (nSPS) is 24.0. The number of nitrogens with two attached hydrogens (primary N) is 1. The lowest BCUT2D eigenvalue weighted by Gasteiger charge is -2.41. The first-order chi connectivity index (χ1) is 11.6. The van der Waals surface area contributed by atoms with Gasteiger partial charge in [0.1, 0.15) is 0 Å². The molecule has 25 heavy (non-hydrogen) atoms. The van der Waals surface area contributed by atoms with Crippen LogP contribution < -0.4 is 5.73 Å². The molecule has 2 heterocycles. The van der Waals surface area contributed by atoms with E-state index in [0.717, 1.165) is 12.3 Å². The van der Waals surface area contributed by atoms with Gasteiger partial charge in [-0.15, -0.1) is 12.4 Å². The zero-order valence-electron chi connectivity index (χ0n) is 15.1. The number of piperazine rings is 1. The van der Waals surface area contributed by atoms with Gasteiger partial charge in [0.25, 0.3) is 0 Å². The number of nitrogens with zero attached hydrogens (tertiary/aromatic N) is 2. The molecule has 144 valence electrons. The summed E-state index contributed by atoms with van der Waals surface area (Å²) in [7, 11) is 0. The Kier molecular flexibility index (Phi) is 7.52. The van der Waals surface area contributed by atoms with E-state index in [9.17, 15) is 9.59 Å². The topological polar surface area (TPSA) is 75.9 Å². The van der Waals surface area contributed by atoms with Crippen molar-refractivity contribution in [3.63, 3.8) is 0 Å². The highest BCUT2D eigenvalue weighted by Gasteiger charge is 2.40. The van der Waals surface area contributed by atoms with Gasteiger partial charge in [0.05, 0.1) is 5.54 Å². The molecule has 2 aliphatic heterocycles. The number of amides is 2. The van der Waals surface area contributed by atoms with Crippen molar-refractivity contribution < 1.29 is 14.3 Å². The third kappa shape index (κ3) is 5.08. The van der Waals surface area contributed by atoms with E-state index in [0.29, 0.717) is 58.7 Å². The highest BCUT2D eigenvalue weighted by Crippen LogP contribution is 2.29. The van der Waals surface area contributed by atoms with Crippen LogP contribution in [0.5, 0.6) is 0 Å². The molecular formula is C18H32ClN3O3. The van der Waals surface area contributed by atoms with Gasteiger partial charge >= 0.3 is 0 Å². The third-order valence-corrected chi connectivity index (χ3v) is 5.97. The Hall–Kier alpha value is -0.850. The molecule has 1 aliphatic carbocycles. The summed E-state index contributed by atoms with van der Waals surface area (Å²) in [6.07, 6.45) is 8.10. The molecule has 2 amide bonds. The van der Waals surface area contributed by atoms with Crippen molar-refractivity contribution in [1.82, 2.24) is 9.80 Å². The van der Waals surface area contributed by atoms with E-state index < -0.39 is 5.54 Å². The number of ether oxygens (including phenoxy) is 1. The van der Waals surface area contributed by atoms with Gasteiger partial charge in [0, 0.05) is 45.8 Å². The van der Waals surface area contributed by atoms with Crippen LogP contribution in [0, 0.1) is 5.92 Å². The van der Waals surface area contributed by atoms with Crippen molar-refractivity contribution in [2.45, 2.75) is 56.9 Å². The Balaban J connectivity index is 0.00000225. The number of carbonyl (C=O) groups excluding carboxylic acids is 2. The summed E-state index contributed by atoms with van der Waals surface area (Å²) in [5, 5.41) is 0. The van der Waals surface area contributed by atoms with Gasteiger partial charge in [-0.1, -0.05) is 25.7 Å². The van der Waals surface area contributed by atoms with Crippen LogP contribution in [-0.4, -0.2) is 66.5 Å². The maximum atomic E-state index is 12.7. The molecule has 0 aromatic rings. The number of rotatable bonds is 4. The molecule has 2 N–H and O–H groups in total. The molecule has 0 radical (unpaired) electrons. The Labute approximate surface area is 156 Å². The lowest BCUT2D eigenvalue weighted by molar-refractivity contribution is -0.145. The average molecular weight is 374 g/mol. The summed E-state index contributed by atoms with van der Waals surface area (Å²) >= 11 is 0. The summed E-state index contributed by atoms with van der Waals surface area (Å²) in [4.78, 5) is 28.8. The summed E-state index contributed by atoms with van der Waals surface area (Å²) in [6, 6.07) is 0. The predicted molar refractivity (Wildman–Crippen MR) is 98.6 cm³/mol. The van der Waals surface area contributed by atoms with Crippen LogP contribution in [0.2, 0.25) is 0 Å². The Morgan fingerprint density at radius 3 is 2.16 bits per heavy atom. The molecule has 2 saturated heterocycles. The van der Waals surface area contributed by atoms with Crippen molar-refractivity contribution in [2.75, 3.05) is 39.4 Å². The summed E-state index contributed by atoms with van der Waals surface area (Å²) < 4.78 is 5.32. The van der Waals surface area contributed by atoms with Crippen LogP contribution in [0.1, 0.15) is 51.4 Å². The SMILES string of the molecule is Cl.NC1(C(=O)N2CCN(C(=O)CCC3CCCC3)CC2)CCOCC1. The maximum absolute atomic E-state index is 12.7. The fourth-order valence-corrected chi connectivity index (χ4v) is 4.21. The van der Waals surface area contributed by atoms with E-state index in [2.05, 4.69) is 0 Å². The van der Waals surface area contributed by atoms with E-state index >= 15 is 0 Å². The number of carbonyl (C=O) groups is 2. The fraction of sp³-hybridized carbons (Fsp3) is 0.889.